The molecule has 3 nitrogen and oxygen atoms in total. The minimum absolute atomic E-state index is 0.415. The predicted molar refractivity (Wildman–Crippen MR) is 77.9 cm³/mol. The number of benzene rings is 1. The van der Waals surface area contributed by atoms with Crippen molar-refractivity contribution in [3.8, 4) is 5.75 Å². The molecular weight excluding hydrogens is 252 g/mol. The highest BCUT2D eigenvalue weighted by atomic mass is 16.7. The van der Waals surface area contributed by atoms with Crippen LogP contribution in [-0.2, 0) is 22.3 Å². The molecule has 2 aliphatic rings. The largest absolute Gasteiger partial charge is 0.496 e. The molecule has 0 N–H and O–H groups in total. The zero-order valence-electron chi connectivity index (χ0n) is 12.4. The van der Waals surface area contributed by atoms with Crippen molar-refractivity contribution in [1.29, 1.82) is 0 Å². The number of fused-ring (bicyclic) bond motifs is 2. The van der Waals surface area contributed by atoms with Gasteiger partial charge in [0.2, 0.25) is 0 Å². The third-order valence-electron chi connectivity index (χ3n) is 5.02. The number of ether oxygens (including phenoxy) is 3. The monoisotopic (exact) mass is 276 g/mol. The van der Waals surface area contributed by atoms with Crippen LogP contribution in [0.15, 0.2) is 18.2 Å². The molecule has 0 radical (unpaired) electrons. The first-order valence-electron chi connectivity index (χ1n) is 7.55. The van der Waals surface area contributed by atoms with E-state index in [0.29, 0.717) is 12.7 Å². The summed E-state index contributed by atoms with van der Waals surface area (Å²) >= 11 is 0. The van der Waals surface area contributed by atoms with E-state index in [-0.39, 0.29) is 0 Å². The molecule has 0 amide bonds. The van der Waals surface area contributed by atoms with Gasteiger partial charge in [-0.1, -0.05) is 12.1 Å². The summed E-state index contributed by atoms with van der Waals surface area (Å²) in [5.41, 5.74) is 2.92. The molecule has 1 aromatic carbocycles. The Balaban J connectivity index is 1.73. The van der Waals surface area contributed by atoms with Crippen molar-refractivity contribution < 1.29 is 14.2 Å². The van der Waals surface area contributed by atoms with Crippen LogP contribution in [0.25, 0.3) is 0 Å². The minimum atomic E-state index is 0.415. The summed E-state index contributed by atoms with van der Waals surface area (Å²) in [5.74, 6) is 3.33. The molecule has 3 atom stereocenters. The molecule has 2 aliphatic carbocycles. The molecule has 0 bridgehead atoms. The Morgan fingerprint density at radius 3 is 2.85 bits per heavy atom. The summed E-state index contributed by atoms with van der Waals surface area (Å²) in [6, 6.07) is 6.47. The molecule has 3 heteroatoms. The maximum absolute atomic E-state index is 5.60. The van der Waals surface area contributed by atoms with E-state index in [2.05, 4.69) is 18.2 Å². The molecule has 1 unspecified atom stereocenters. The van der Waals surface area contributed by atoms with Crippen LogP contribution in [-0.4, -0.2) is 27.6 Å². The van der Waals surface area contributed by atoms with Gasteiger partial charge in [-0.25, -0.2) is 0 Å². The minimum Gasteiger partial charge on any atom is -0.496 e. The van der Waals surface area contributed by atoms with Crippen LogP contribution in [0.1, 0.15) is 24.0 Å². The quantitative estimate of drug-likeness (QED) is 0.611. The fourth-order valence-electron chi connectivity index (χ4n) is 4.06. The molecule has 0 aliphatic heterocycles. The molecular formula is C17H24O3. The topological polar surface area (TPSA) is 27.7 Å². The molecule has 0 spiro atoms. The van der Waals surface area contributed by atoms with E-state index in [1.807, 2.05) is 0 Å². The van der Waals surface area contributed by atoms with E-state index < -0.39 is 0 Å². The average Bonchev–Trinajstić information content (AvgIpc) is 2.87. The van der Waals surface area contributed by atoms with Gasteiger partial charge in [0, 0.05) is 7.11 Å². The standard InChI is InChI=1S/C17H24O3/c1-18-11-20-10-14-7-6-13-9-16-12(8-15(13)14)4-3-5-17(16)19-2/h3-5,13-15H,6-11H2,1-2H3/t13?,14-,15+/m1/s1. The normalized spacial score (nSPS) is 28.0. The van der Waals surface area contributed by atoms with Gasteiger partial charge in [0.05, 0.1) is 13.7 Å². The van der Waals surface area contributed by atoms with Crippen LogP contribution in [0.3, 0.4) is 0 Å². The fourth-order valence-corrected chi connectivity index (χ4v) is 4.06. The Morgan fingerprint density at radius 1 is 1.15 bits per heavy atom. The maximum atomic E-state index is 5.60. The van der Waals surface area contributed by atoms with Gasteiger partial charge in [0.15, 0.2) is 0 Å². The smallest absolute Gasteiger partial charge is 0.146 e. The van der Waals surface area contributed by atoms with Crippen LogP contribution in [0.4, 0.5) is 0 Å². The van der Waals surface area contributed by atoms with Crippen molar-refractivity contribution >= 4 is 0 Å². The predicted octanol–water partition coefficient (Wildman–Crippen LogP) is 3.06. The number of hydrogen-bond acceptors (Lipinski definition) is 3. The summed E-state index contributed by atoms with van der Waals surface area (Å²) in [5, 5.41) is 0. The second-order valence-electron chi connectivity index (χ2n) is 6.04. The van der Waals surface area contributed by atoms with E-state index in [1.165, 1.54) is 36.8 Å². The van der Waals surface area contributed by atoms with E-state index in [9.17, 15) is 0 Å². The van der Waals surface area contributed by atoms with Crippen molar-refractivity contribution in [2.45, 2.75) is 25.7 Å². The SMILES string of the molecule is COCOC[C@H]1CCC2Cc3c(cccc3OC)C[C@@H]21. The van der Waals surface area contributed by atoms with Gasteiger partial charge in [-0.15, -0.1) is 0 Å². The lowest BCUT2D eigenvalue weighted by Gasteiger charge is -2.32. The third-order valence-corrected chi connectivity index (χ3v) is 5.02. The van der Waals surface area contributed by atoms with E-state index in [0.717, 1.165) is 24.2 Å². The maximum Gasteiger partial charge on any atom is 0.146 e. The van der Waals surface area contributed by atoms with E-state index in [1.54, 1.807) is 14.2 Å². The molecule has 1 saturated carbocycles. The number of hydrogen-bond donors (Lipinski definition) is 0. The highest BCUT2D eigenvalue weighted by Crippen LogP contribution is 2.46. The summed E-state index contributed by atoms with van der Waals surface area (Å²) in [7, 11) is 3.46. The van der Waals surface area contributed by atoms with Crippen LogP contribution in [0, 0.1) is 17.8 Å². The lowest BCUT2D eigenvalue weighted by Crippen LogP contribution is -2.27. The fraction of sp³-hybridized carbons (Fsp3) is 0.647. The van der Waals surface area contributed by atoms with E-state index in [4.69, 9.17) is 14.2 Å². The van der Waals surface area contributed by atoms with Crippen LogP contribution >= 0.6 is 0 Å². The van der Waals surface area contributed by atoms with Crippen molar-refractivity contribution in [2.24, 2.45) is 17.8 Å². The van der Waals surface area contributed by atoms with Gasteiger partial charge in [-0.2, -0.15) is 0 Å². The summed E-state index contributed by atoms with van der Waals surface area (Å²) < 4.78 is 16.1. The Hall–Kier alpha value is -1.06. The van der Waals surface area contributed by atoms with Crippen molar-refractivity contribution in [3.63, 3.8) is 0 Å². The second kappa shape index (κ2) is 6.15. The van der Waals surface area contributed by atoms with Gasteiger partial charge in [-0.3, -0.25) is 0 Å². The molecule has 0 heterocycles. The summed E-state index contributed by atoms with van der Waals surface area (Å²) in [4.78, 5) is 0. The van der Waals surface area contributed by atoms with Gasteiger partial charge in [0.1, 0.15) is 12.5 Å². The summed E-state index contributed by atoms with van der Waals surface area (Å²) in [6.45, 7) is 1.26. The highest BCUT2D eigenvalue weighted by Gasteiger charge is 2.39. The van der Waals surface area contributed by atoms with Crippen LogP contribution in [0.2, 0.25) is 0 Å². The summed E-state index contributed by atoms with van der Waals surface area (Å²) in [6.07, 6.45) is 4.96. The average molecular weight is 276 g/mol. The second-order valence-corrected chi connectivity index (χ2v) is 6.04. The van der Waals surface area contributed by atoms with Crippen molar-refractivity contribution in [1.82, 2.24) is 0 Å². The zero-order valence-corrected chi connectivity index (χ0v) is 12.4. The Morgan fingerprint density at radius 2 is 2.05 bits per heavy atom. The van der Waals surface area contributed by atoms with Gasteiger partial charge in [-0.05, 0) is 60.6 Å². The molecule has 0 aromatic heterocycles. The lowest BCUT2D eigenvalue weighted by atomic mass is 9.75. The van der Waals surface area contributed by atoms with Gasteiger partial charge in [0.25, 0.3) is 0 Å². The van der Waals surface area contributed by atoms with Crippen LogP contribution in [0.5, 0.6) is 5.75 Å². The lowest BCUT2D eigenvalue weighted by molar-refractivity contribution is -0.0487. The molecule has 1 aromatic rings. The van der Waals surface area contributed by atoms with E-state index >= 15 is 0 Å². The Kier molecular flexibility index (Phi) is 4.27. The third kappa shape index (κ3) is 2.57. The van der Waals surface area contributed by atoms with Gasteiger partial charge < -0.3 is 14.2 Å². The van der Waals surface area contributed by atoms with Crippen LogP contribution < -0.4 is 4.74 Å². The first kappa shape index (κ1) is 13.9. The molecule has 1 fully saturated rings. The van der Waals surface area contributed by atoms with Gasteiger partial charge >= 0.3 is 0 Å². The molecule has 110 valence electrons. The van der Waals surface area contributed by atoms with Crippen molar-refractivity contribution in [3.05, 3.63) is 29.3 Å². The highest BCUT2D eigenvalue weighted by molar-refractivity contribution is 5.42. The zero-order chi connectivity index (χ0) is 13.9. The Bertz CT molecular complexity index is 458. The molecule has 3 rings (SSSR count). The molecule has 0 saturated heterocycles. The molecule has 20 heavy (non-hydrogen) atoms. The van der Waals surface area contributed by atoms with Crippen molar-refractivity contribution in [2.75, 3.05) is 27.6 Å². The number of methoxy groups -OCH3 is 2. The Labute approximate surface area is 121 Å². The first-order valence-corrected chi connectivity index (χ1v) is 7.55. The first-order chi connectivity index (χ1) is 9.83. The number of rotatable bonds is 5.